The normalized spacial score (nSPS) is 19.1. The average Bonchev–Trinajstić information content (AvgIpc) is 3.26. The molecule has 1 N–H and O–H groups in total. The standard InChI is InChI=1S/C26H32N4O4/c1-19(20-6-4-3-5-7-20)30-17-21(16-25(30)32)26(33)28(2)18-24(31)27-22-8-10-23(11-9-22)29-12-14-34-15-13-29/h3-11,19,21H,12-18H2,1-2H3,(H,27,31)/t19-,21+/m0/s1. The molecule has 180 valence electrons. The van der Waals surface area contributed by atoms with Crippen LogP contribution >= 0.6 is 0 Å². The van der Waals surface area contributed by atoms with Crippen molar-refractivity contribution in [1.82, 2.24) is 9.80 Å². The maximum atomic E-state index is 13.0. The first-order valence-electron chi connectivity index (χ1n) is 11.7. The fraction of sp³-hybridized carbons (Fsp3) is 0.423. The zero-order valence-corrected chi connectivity index (χ0v) is 19.8. The summed E-state index contributed by atoms with van der Waals surface area (Å²) < 4.78 is 5.38. The zero-order valence-electron chi connectivity index (χ0n) is 19.8. The Bertz CT molecular complexity index is 1010. The van der Waals surface area contributed by atoms with Crippen LogP contribution in [0.4, 0.5) is 11.4 Å². The minimum Gasteiger partial charge on any atom is -0.378 e. The summed E-state index contributed by atoms with van der Waals surface area (Å²) in [5, 5.41) is 2.85. The second kappa shape index (κ2) is 10.7. The molecule has 0 saturated carbocycles. The second-order valence-corrected chi connectivity index (χ2v) is 8.92. The third-order valence-corrected chi connectivity index (χ3v) is 6.54. The van der Waals surface area contributed by atoms with E-state index in [1.165, 1.54) is 4.90 Å². The molecule has 0 bridgehead atoms. The van der Waals surface area contributed by atoms with Gasteiger partial charge in [0.05, 0.1) is 31.7 Å². The van der Waals surface area contributed by atoms with E-state index in [4.69, 9.17) is 4.74 Å². The smallest absolute Gasteiger partial charge is 0.243 e. The molecule has 3 amide bonds. The average molecular weight is 465 g/mol. The van der Waals surface area contributed by atoms with E-state index in [0.29, 0.717) is 25.4 Å². The molecule has 2 aromatic carbocycles. The lowest BCUT2D eigenvalue weighted by molar-refractivity contribution is -0.137. The maximum Gasteiger partial charge on any atom is 0.243 e. The van der Waals surface area contributed by atoms with E-state index in [1.54, 1.807) is 11.9 Å². The SMILES string of the molecule is C[C@@H](c1ccccc1)N1C[C@H](C(=O)N(C)CC(=O)Nc2ccc(N3CCOCC3)cc2)CC1=O. The van der Waals surface area contributed by atoms with Gasteiger partial charge >= 0.3 is 0 Å². The number of carbonyl (C=O) groups excluding carboxylic acids is 3. The summed E-state index contributed by atoms with van der Waals surface area (Å²) in [5.41, 5.74) is 2.81. The number of carbonyl (C=O) groups is 3. The fourth-order valence-corrected chi connectivity index (χ4v) is 4.57. The molecule has 0 radical (unpaired) electrons. The molecule has 8 heteroatoms. The van der Waals surface area contributed by atoms with Gasteiger partial charge < -0.3 is 24.8 Å². The van der Waals surface area contributed by atoms with Gasteiger partial charge in [0.15, 0.2) is 0 Å². The number of anilines is 2. The van der Waals surface area contributed by atoms with Crippen LogP contribution in [0.5, 0.6) is 0 Å². The van der Waals surface area contributed by atoms with Gasteiger partial charge in [-0.25, -0.2) is 0 Å². The van der Waals surface area contributed by atoms with Crippen LogP contribution in [0, 0.1) is 5.92 Å². The van der Waals surface area contributed by atoms with Gasteiger partial charge in [-0.2, -0.15) is 0 Å². The summed E-state index contributed by atoms with van der Waals surface area (Å²) in [6.07, 6.45) is 0.172. The summed E-state index contributed by atoms with van der Waals surface area (Å²) in [6.45, 7) is 5.41. The molecule has 34 heavy (non-hydrogen) atoms. The number of hydrogen-bond acceptors (Lipinski definition) is 5. The lowest BCUT2D eigenvalue weighted by atomic mass is 10.1. The van der Waals surface area contributed by atoms with Crippen molar-refractivity contribution in [3.63, 3.8) is 0 Å². The van der Waals surface area contributed by atoms with Gasteiger partial charge in [0.25, 0.3) is 0 Å². The van der Waals surface area contributed by atoms with Gasteiger partial charge in [-0.1, -0.05) is 30.3 Å². The lowest BCUT2D eigenvalue weighted by Crippen LogP contribution is -2.39. The number of nitrogens with zero attached hydrogens (tertiary/aromatic N) is 3. The molecule has 2 saturated heterocycles. The van der Waals surface area contributed by atoms with Gasteiger partial charge in [-0.05, 0) is 36.8 Å². The van der Waals surface area contributed by atoms with Crippen molar-refractivity contribution >= 4 is 29.1 Å². The first kappa shape index (κ1) is 23.8. The van der Waals surface area contributed by atoms with E-state index in [2.05, 4.69) is 10.2 Å². The highest BCUT2D eigenvalue weighted by Crippen LogP contribution is 2.29. The van der Waals surface area contributed by atoms with Crippen LogP contribution in [0.2, 0.25) is 0 Å². The topological polar surface area (TPSA) is 82.2 Å². The number of nitrogens with one attached hydrogen (secondary N) is 1. The molecule has 2 aliphatic rings. The predicted molar refractivity (Wildman–Crippen MR) is 130 cm³/mol. The van der Waals surface area contributed by atoms with Crippen molar-refractivity contribution in [1.29, 1.82) is 0 Å². The Hall–Kier alpha value is -3.39. The molecule has 0 unspecified atom stereocenters. The van der Waals surface area contributed by atoms with Crippen molar-refractivity contribution in [2.24, 2.45) is 5.92 Å². The minimum absolute atomic E-state index is 0.0343. The number of hydrogen-bond donors (Lipinski definition) is 1. The summed E-state index contributed by atoms with van der Waals surface area (Å²) in [4.78, 5) is 43.5. The quantitative estimate of drug-likeness (QED) is 0.681. The summed E-state index contributed by atoms with van der Waals surface area (Å²) >= 11 is 0. The van der Waals surface area contributed by atoms with E-state index >= 15 is 0 Å². The van der Waals surface area contributed by atoms with E-state index in [9.17, 15) is 14.4 Å². The Morgan fingerprint density at radius 3 is 2.44 bits per heavy atom. The molecular formula is C26H32N4O4. The number of likely N-dealkylation sites (tertiary alicyclic amines) is 1. The van der Waals surface area contributed by atoms with Crippen molar-refractivity contribution in [3.8, 4) is 0 Å². The summed E-state index contributed by atoms with van der Waals surface area (Å²) in [5.74, 6) is -0.931. The first-order chi connectivity index (χ1) is 16.4. The number of amides is 3. The molecule has 8 nitrogen and oxygen atoms in total. The van der Waals surface area contributed by atoms with Gasteiger partial charge in [0.1, 0.15) is 0 Å². The van der Waals surface area contributed by atoms with Crippen LogP contribution in [-0.4, -0.2) is 74.0 Å². The highest BCUT2D eigenvalue weighted by Gasteiger charge is 2.38. The molecule has 0 aromatic heterocycles. The number of morpholine rings is 1. The molecule has 2 aromatic rings. The number of likely N-dealkylation sites (N-methyl/N-ethyl adjacent to an activating group) is 1. The minimum atomic E-state index is -0.440. The van der Waals surface area contributed by atoms with Crippen LogP contribution in [-0.2, 0) is 19.1 Å². The molecule has 2 heterocycles. The van der Waals surface area contributed by atoms with Crippen LogP contribution in [0.1, 0.15) is 24.9 Å². The van der Waals surface area contributed by atoms with Gasteiger partial charge in [0, 0.05) is 44.5 Å². The van der Waals surface area contributed by atoms with E-state index in [-0.39, 0.29) is 36.7 Å². The number of benzene rings is 2. The highest BCUT2D eigenvalue weighted by molar-refractivity contribution is 5.96. The van der Waals surface area contributed by atoms with Crippen LogP contribution < -0.4 is 10.2 Å². The lowest BCUT2D eigenvalue weighted by Gasteiger charge is -2.29. The van der Waals surface area contributed by atoms with Crippen LogP contribution in [0.15, 0.2) is 54.6 Å². The molecule has 0 aliphatic carbocycles. The Kier molecular flexibility index (Phi) is 7.47. The van der Waals surface area contributed by atoms with Crippen molar-refractivity contribution < 1.29 is 19.1 Å². The van der Waals surface area contributed by atoms with Gasteiger partial charge in [-0.3, -0.25) is 14.4 Å². The predicted octanol–water partition coefficient (Wildman–Crippen LogP) is 2.53. The largest absolute Gasteiger partial charge is 0.378 e. The fourth-order valence-electron chi connectivity index (χ4n) is 4.57. The first-order valence-corrected chi connectivity index (χ1v) is 11.7. The van der Waals surface area contributed by atoms with Crippen molar-refractivity contribution in [2.45, 2.75) is 19.4 Å². The van der Waals surface area contributed by atoms with E-state index in [0.717, 1.165) is 24.3 Å². The Labute approximate surface area is 200 Å². The Balaban J connectivity index is 1.28. The third kappa shape index (κ3) is 5.56. The number of ether oxygens (including phenoxy) is 1. The second-order valence-electron chi connectivity index (χ2n) is 8.92. The van der Waals surface area contributed by atoms with Crippen molar-refractivity contribution in [3.05, 3.63) is 60.2 Å². The van der Waals surface area contributed by atoms with Gasteiger partial charge in [-0.15, -0.1) is 0 Å². The van der Waals surface area contributed by atoms with Crippen LogP contribution in [0.3, 0.4) is 0 Å². The van der Waals surface area contributed by atoms with E-state index in [1.807, 2.05) is 61.5 Å². The monoisotopic (exact) mass is 464 g/mol. The molecule has 2 fully saturated rings. The Morgan fingerprint density at radius 1 is 1.09 bits per heavy atom. The van der Waals surface area contributed by atoms with Gasteiger partial charge in [0.2, 0.25) is 17.7 Å². The maximum absolute atomic E-state index is 13.0. The summed E-state index contributed by atoms with van der Waals surface area (Å²) in [6, 6.07) is 17.4. The Morgan fingerprint density at radius 2 is 1.76 bits per heavy atom. The zero-order chi connectivity index (χ0) is 24.1. The molecule has 4 rings (SSSR count). The third-order valence-electron chi connectivity index (χ3n) is 6.54. The summed E-state index contributed by atoms with van der Waals surface area (Å²) in [7, 11) is 1.61. The molecule has 0 spiro atoms. The molecular weight excluding hydrogens is 432 g/mol. The van der Waals surface area contributed by atoms with E-state index < -0.39 is 5.92 Å². The number of rotatable bonds is 7. The molecule has 2 atom stereocenters. The van der Waals surface area contributed by atoms with Crippen LogP contribution in [0.25, 0.3) is 0 Å². The molecule has 2 aliphatic heterocycles. The van der Waals surface area contributed by atoms with Crippen molar-refractivity contribution in [2.75, 3.05) is 56.7 Å². The highest BCUT2D eigenvalue weighted by atomic mass is 16.5.